The normalized spacial score (nSPS) is 10.5. The van der Waals surface area contributed by atoms with Gasteiger partial charge in [-0.1, -0.05) is 41.6 Å². The molecule has 1 aromatic heterocycles. The van der Waals surface area contributed by atoms with Gasteiger partial charge in [0.2, 0.25) is 0 Å². The number of rotatable bonds is 4. The lowest BCUT2D eigenvalue weighted by Gasteiger charge is -2.05. The van der Waals surface area contributed by atoms with Gasteiger partial charge in [0.05, 0.1) is 11.4 Å². The van der Waals surface area contributed by atoms with Gasteiger partial charge >= 0.3 is 5.97 Å². The smallest absolute Gasteiger partial charge is 0.361 e. The molecule has 0 N–H and O–H groups in total. The minimum atomic E-state index is -0.561. The Hall–Kier alpha value is -3.02. The first-order chi connectivity index (χ1) is 11.1. The summed E-state index contributed by atoms with van der Waals surface area (Å²) in [6.45, 7) is 1.84. The molecule has 0 saturated carbocycles. The average molecular weight is 311 g/mol. The highest BCUT2D eigenvalue weighted by atomic mass is 19.1. The zero-order valence-electron chi connectivity index (χ0n) is 12.4. The maximum absolute atomic E-state index is 13.3. The van der Waals surface area contributed by atoms with E-state index in [1.165, 1.54) is 16.8 Å². The number of nitrogens with zero attached hydrogens (tertiary/aromatic N) is 3. The maximum Gasteiger partial charge on any atom is 0.361 e. The van der Waals surface area contributed by atoms with Crippen LogP contribution in [0.5, 0.6) is 0 Å². The number of carbonyl (C=O) groups is 1. The van der Waals surface area contributed by atoms with Crippen LogP contribution in [0.1, 0.15) is 21.7 Å². The number of aromatic nitrogens is 3. The number of halogens is 1. The summed E-state index contributed by atoms with van der Waals surface area (Å²) in [6, 6.07) is 15.3. The van der Waals surface area contributed by atoms with Crippen LogP contribution >= 0.6 is 0 Å². The number of hydrogen-bond donors (Lipinski definition) is 0. The second kappa shape index (κ2) is 6.39. The van der Waals surface area contributed by atoms with Gasteiger partial charge in [-0.2, -0.15) is 0 Å². The van der Waals surface area contributed by atoms with Crippen molar-refractivity contribution in [1.82, 2.24) is 15.0 Å². The van der Waals surface area contributed by atoms with Gasteiger partial charge in [-0.3, -0.25) is 0 Å². The first-order valence-electron chi connectivity index (χ1n) is 7.04. The van der Waals surface area contributed by atoms with Crippen molar-refractivity contribution in [1.29, 1.82) is 0 Å². The molecule has 0 unspecified atom stereocenters. The van der Waals surface area contributed by atoms with Crippen LogP contribution < -0.4 is 0 Å². The number of esters is 1. The maximum atomic E-state index is 13.3. The summed E-state index contributed by atoms with van der Waals surface area (Å²) in [7, 11) is 0. The van der Waals surface area contributed by atoms with Crippen LogP contribution in [-0.4, -0.2) is 21.0 Å². The van der Waals surface area contributed by atoms with Crippen molar-refractivity contribution in [3.63, 3.8) is 0 Å². The molecule has 0 aliphatic rings. The summed E-state index contributed by atoms with van der Waals surface area (Å²) in [4.78, 5) is 12.1. The second-order valence-corrected chi connectivity index (χ2v) is 4.98. The Morgan fingerprint density at radius 2 is 1.96 bits per heavy atom. The van der Waals surface area contributed by atoms with Gasteiger partial charge in [-0.15, -0.1) is 5.10 Å². The molecule has 0 bridgehead atoms. The molecular formula is C17H14FN3O2. The molecule has 0 amide bonds. The third-order valence-corrected chi connectivity index (χ3v) is 3.35. The van der Waals surface area contributed by atoms with Gasteiger partial charge in [0.25, 0.3) is 0 Å². The van der Waals surface area contributed by atoms with Gasteiger partial charge in [-0.05, 0) is 30.7 Å². The summed E-state index contributed by atoms with van der Waals surface area (Å²) in [5.74, 6) is -0.945. The monoisotopic (exact) mass is 311 g/mol. The van der Waals surface area contributed by atoms with E-state index < -0.39 is 5.97 Å². The molecule has 6 heteroatoms. The fraction of sp³-hybridized carbons (Fsp3) is 0.118. The van der Waals surface area contributed by atoms with Gasteiger partial charge in [-0.25, -0.2) is 13.9 Å². The molecule has 3 rings (SSSR count). The van der Waals surface area contributed by atoms with Gasteiger partial charge in [0.15, 0.2) is 5.69 Å². The van der Waals surface area contributed by atoms with Crippen molar-refractivity contribution in [2.24, 2.45) is 0 Å². The topological polar surface area (TPSA) is 57.0 Å². The molecule has 0 fully saturated rings. The Bertz CT molecular complexity index is 831. The third kappa shape index (κ3) is 3.26. The molecule has 3 aromatic rings. The van der Waals surface area contributed by atoms with Gasteiger partial charge in [0, 0.05) is 0 Å². The van der Waals surface area contributed by atoms with E-state index in [2.05, 4.69) is 10.3 Å². The first kappa shape index (κ1) is 14.9. The van der Waals surface area contributed by atoms with Crippen LogP contribution in [0.2, 0.25) is 0 Å². The lowest BCUT2D eigenvalue weighted by atomic mass is 10.2. The summed E-state index contributed by atoms with van der Waals surface area (Å²) in [5, 5.41) is 7.75. The van der Waals surface area contributed by atoms with Crippen molar-refractivity contribution in [2.75, 3.05) is 0 Å². The van der Waals surface area contributed by atoms with Gasteiger partial charge in [0.1, 0.15) is 12.4 Å². The summed E-state index contributed by atoms with van der Waals surface area (Å²) >= 11 is 0. The Morgan fingerprint density at radius 3 is 2.70 bits per heavy atom. The fourth-order valence-corrected chi connectivity index (χ4v) is 2.16. The average Bonchev–Trinajstić information content (AvgIpc) is 2.95. The highest BCUT2D eigenvalue weighted by molar-refractivity contribution is 5.88. The number of benzene rings is 2. The standard InChI is InChI=1S/C17H14FN3O2/c1-12-16(17(22)23-11-13-6-3-2-4-7-13)19-20-21(12)15-9-5-8-14(18)10-15/h2-10H,11H2,1H3. The van der Waals surface area contributed by atoms with Crippen LogP contribution in [0.4, 0.5) is 4.39 Å². The van der Waals surface area contributed by atoms with Crippen LogP contribution in [-0.2, 0) is 11.3 Å². The Labute approximate surface area is 132 Å². The molecule has 1 heterocycles. The number of ether oxygens (including phenoxy) is 1. The van der Waals surface area contributed by atoms with E-state index >= 15 is 0 Å². The molecule has 0 atom stereocenters. The molecule has 0 radical (unpaired) electrons. The molecule has 5 nitrogen and oxygen atoms in total. The zero-order valence-corrected chi connectivity index (χ0v) is 12.4. The van der Waals surface area contributed by atoms with Crippen LogP contribution in [0, 0.1) is 12.7 Å². The van der Waals surface area contributed by atoms with Crippen molar-refractivity contribution in [3.8, 4) is 5.69 Å². The predicted octanol–water partition coefficient (Wildman–Crippen LogP) is 3.07. The predicted molar refractivity (Wildman–Crippen MR) is 81.6 cm³/mol. The summed E-state index contributed by atoms with van der Waals surface area (Å²) < 4.78 is 19.9. The third-order valence-electron chi connectivity index (χ3n) is 3.35. The van der Waals surface area contributed by atoms with E-state index in [9.17, 15) is 9.18 Å². The first-order valence-corrected chi connectivity index (χ1v) is 7.04. The van der Waals surface area contributed by atoms with Crippen LogP contribution in [0.15, 0.2) is 54.6 Å². The minimum absolute atomic E-state index is 0.116. The van der Waals surface area contributed by atoms with Crippen molar-refractivity contribution in [2.45, 2.75) is 13.5 Å². The molecule has 0 saturated heterocycles. The fourth-order valence-electron chi connectivity index (χ4n) is 2.16. The highest BCUT2D eigenvalue weighted by Gasteiger charge is 2.19. The van der Waals surface area contributed by atoms with E-state index in [1.807, 2.05) is 30.3 Å². The summed E-state index contributed by atoms with van der Waals surface area (Å²) in [6.07, 6.45) is 0. The molecule has 0 spiro atoms. The second-order valence-electron chi connectivity index (χ2n) is 4.98. The summed E-state index contributed by atoms with van der Waals surface area (Å²) in [5.41, 5.74) is 1.99. The zero-order chi connectivity index (χ0) is 16.2. The van der Waals surface area contributed by atoms with E-state index in [0.717, 1.165) is 5.56 Å². The molecule has 23 heavy (non-hydrogen) atoms. The van der Waals surface area contributed by atoms with Crippen molar-refractivity contribution < 1.29 is 13.9 Å². The molecular weight excluding hydrogens is 297 g/mol. The van der Waals surface area contributed by atoms with Crippen molar-refractivity contribution >= 4 is 5.97 Å². The Kier molecular flexibility index (Phi) is 4.14. The number of hydrogen-bond acceptors (Lipinski definition) is 4. The lowest BCUT2D eigenvalue weighted by molar-refractivity contribution is 0.0464. The minimum Gasteiger partial charge on any atom is -0.456 e. The van der Waals surface area contributed by atoms with E-state index in [4.69, 9.17) is 4.74 Å². The molecule has 116 valence electrons. The number of carbonyl (C=O) groups excluding carboxylic acids is 1. The Balaban J connectivity index is 1.77. The Morgan fingerprint density at radius 1 is 1.17 bits per heavy atom. The molecule has 0 aliphatic heterocycles. The van der Waals surface area contributed by atoms with Crippen molar-refractivity contribution in [3.05, 3.63) is 77.4 Å². The van der Waals surface area contributed by atoms with Crippen LogP contribution in [0.25, 0.3) is 5.69 Å². The molecule has 2 aromatic carbocycles. The largest absolute Gasteiger partial charge is 0.456 e. The quantitative estimate of drug-likeness (QED) is 0.695. The van der Waals surface area contributed by atoms with E-state index in [1.54, 1.807) is 19.1 Å². The van der Waals surface area contributed by atoms with Crippen LogP contribution in [0.3, 0.4) is 0 Å². The lowest BCUT2D eigenvalue weighted by Crippen LogP contribution is -2.08. The van der Waals surface area contributed by atoms with E-state index in [-0.39, 0.29) is 18.1 Å². The highest BCUT2D eigenvalue weighted by Crippen LogP contribution is 2.14. The molecule has 0 aliphatic carbocycles. The van der Waals surface area contributed by atoms with E-state index in [0.29, 0.717) is 11.4 Å². The van der Waals surface area contributed by atoms with Gasteiger partial charge < -0.3 is 4.74 Å². The SMILES string of the molecule is Cc1c(C(=O)OCc2ccccc2)nnn1-c1cccc(F)c1.